The standard InChI is InChI=1S/C28H32N6O5/c1-17-12-25(29-2)33-28(31-17)34-11-10-22-21(15-34)32-27(36)19-6-9-23(37-3)24(13-19)38-16-26(35)30-14-18-4-7-20(39-22)8-5-18/h4-9,12-13,21-22H,10-11,14-16H2,1-3H3,(H,30,35)(H,32,36)(H,29,31,33)/t21-,22+/m0/s1. The number of nitrogens with zero attached hydrogens (tertiary/aromatic N) is 3. The van der Waals surface area contributed by atoms with E-state index in [-0.39, 0.29) is 30.6 Å². The van der Waals surface area contributed by atoms with Crippen molar-refractivity contribution in [3.63, 3.8) is 0 Å². The quantitative estimate of drug-likeness (QED) is 0.466. The van der Waals surface area contributed by atoms with Gasteiger partial charge in [0.2, 0.25) is 5.95 Å². The first-order chi connectivity index (χ1) is 18.9. The highest BCUT2D eigenvalue weighted by molar-refractivity contribution is 5.95. The van der Waals surface area contributed by atoms with Gasteiger partial charge in [-0.25, -0.2) is 4.98 Å². The number of nitrogens with one attached hydrogen (secondary N) is 3. The Kier molecular flexibility index (Phi) is 7.67. The van der Waals surface area contributed by atoms with Gasteiger partial charge in [-0.3, -0.25) is 9.59 Å². The van der Waals surface area contributed by atoms with Gasteiger partial charge >= 0.3 is 0 Å². The van der Waals surface area contributed by atoms with E-state index in [1.807, 2.05) is 44.3 Å². The number of aryl methyl sites for hydroxylation is 1. The van der Waals surface area contributed by atoms with Crippen molar-refractivity contribution < 1.29 is 23.8 Å². The largest absolute Gasteiger partial charge is 0.493 e. The molecule has 1 fully saturated rings. The molecule has 2 amide bonds. The summed E-state index contributed by atoms with van der Waals surface area (Å²) in [5.41, 5.74) is 2.15. The Morgan fingerprint density at radius 2 is 1.92 bits per heavy atom. The van der Waals surface area contributed by atoms with Crippen LogP contribution in [-0.4, -0.2) is 67.8 Å². The molecule has 4 bridgehead atoms. The molecule has 0 radical (unpaired) electrons. The number of anilines is 2. The lowest BCUT2D eigenvalue weighted by Gasteiger charge is -2.39. The Bertz CT molecular complexity index is 1350. The number of carbonyl (C=O) groups is 2. The summed E-state index contributed by atoms with van der Waals surface area (Å²) in [7, 11) is 3.33. The average molecular weight is 533 g/mol. The van der Waals surface area contributed by atoms with Crippen molar-refractivity contribution in [1.29, 1.82) is 0 Å². The number of methoxy groups -OCH3 is 1. The van der Waals surface area contributed by atoms with Crippen LogP contribution >= 0.6 is 0 Å². The number of fused-ring (bicyclic) bond motifs is 7. The van der Waals surface area contributed by atoms with Gasteiger partial charge in [-0.15, -0.1) is 0 Å². The van der Waals surface area contributed by atoms with Gasteiger partial charge in [0.25, 0.3) is 11.8 Å². The van der Waals surface area contributed by atoms with E-state index in [1.165, 1.54) is 7.11 Å². The summed E-state index contributed by atoms with van der Waals surface area (Å²) in [4.78, 5) is 37.1. The second-order valence-electron chi connectivity index (χ2n) is 9.49. The molecular formula is C28H32N6O5. The van der Waals surface area contributed by atoms with E-state index in [2.05, 4.69) is 30.8 Å². The first kappa shape index (κ1) is 26.1. The maximum Gasteiger partial charge on any atom is 0.258 e. The van der Waals surface area contributed by atoms with Crippen LogP contribution in [0.4, 0.5) is 11.8 Å². The van der Waals surface area contributed by atoms with Crippen molar-refractivity contribution >= 4 is 23.6 Å². The fraction of sp³-hybridized carbons (Fsp3) is 0.357. The summed E-state index contributed by atoms with van der Waals surface area (Å²) >= 11 is 0. The molecule has 0 unspecified atom stereocenters. The average Bonchev–Trinajstić information content (AvgIpc) is 2.95. The fourth-order valence-corrected chi connectivity index (χ4v) is 4.65. The van der Waals surface area contributed by atoms with E-state index in [1.54, 1.807) is 18.2 Å². The molecule has 6 rings (SSSR count). The summed E-state index contributed by atoms with van der Waals surface area (Å²) in [6.07, 6.45) is 0.361. The predicted octanol–water partition coefficient (Wildman–Crippen LogP) is 2.30. The van der Waals surface area contributed by atoms with Crippen molar-refractivity contribution in [3.8, 4) is 17.2 Å². The van der Waals surface area contributed by atoms with E-state index in [0.717, 1.165) is 17.1 Å². The van der Waals surface area contributed by atoms with Gasteiger partial charge in [-0.1, -0.05) is 12.1 Å². The number of piperidine rings is 1. The summed E-state index contributed by atoms with van der Waals surface area (Å²) < 4.78 is 17.5. The lowest BCUT2D eigenvalue weighted by Crippen LogP contribution is -2.57. The Hall–Kier alpha value is -4.54. The molecule has 2 aromatic carbocycles. The number of benzene rings is 2. The van der Waals surface area contributed by atoms with Crippen LogP contribution < -0.4 is 35.1 Å². The molecule has 3 aliphatic heterocycles. The maximum absolute atomic E-state index is 13.5. The molecule has 11 nitrogen and oxygen atoms in total. The van der Waals surface area contributed by atoms with Crippen molar-refractivity contribution in [3.05, 3.63) is 65.4 Å². The Labute approximate surface area is 226 Å². The van der Waals surface area contributed by atoms with Gasteiger partial charge in [0.1, 0.15) is 17.7 Å². The zero-order chi connectivity index (χ0) is 27.4. The van der Waals surface area contributed by atoms with Gasteiger partial charge < -0.3 is 35.1 Å². The van der Waals surface area contributed by atoms with Gasteiger partial charge in [-0.2, -0.15) is 4.98 Å². The van der Waals surface area contributed by atoms with Crippen LogP contribution in [0.15, 0.2) is 48.5 Å². The third-order valence-corrected chi connectivity index (χ3v) is 6.73. The van der Waals surface area contributed by atoms with E-state index >= 15 is 0 Å². The van der Waals surface area contributed by atoms with Crippen LogP contribution in [0.1, 0.15) is 28.0 Å². The van der Waals surface area contributed by atoms with Crippen LogP contribution in [0.25, 0.3) is 0 Å². The molecule has 1 aromatic heterocycles. The van der Waals surface area contributed by atoms with Crippen LogP contribution in [0.5, 0.6) is 17.2 Å². The Balaban J connectivity index is 1.46. The molecule has 204 valence electrons. The van der Waals surface area contributed by atoms with Gasteiger partial charge in [0.05, 0.1) is 13.2 Å². The van der Waals surface area contributed by atoms with Crippen molar-refractivity contribution in [2.45, 2.75) is 32.0 Å². The number of aromatic nitrogens is 2. The Morgan fingerprint density at radius 1 is 1.10 bits per heavy atom. The number of amides is 2. The Morgan fingerprint density at radius 3 is 2.69 bits per heavy atom. The molecule has 3 aromatic rings. The van der Waals surface area contributed by atoms with Crippen LogP contribution in [0.3, 0.4) is 0 Å². The molecule has 0 aliphatic carbocycles. The van der Waals surface area contributed by atoms with Crippen molar-refractivity contribution in [1.82, 2.24) is 20.6 Å². The van der Waals surface area contributed by atoms with E-state index in [4.69, 9.17) is 14.2 Å². The van der Waals surface area contributed by atoms with Gasteiger partial charge in [0.15, 0.2) is 18.1 Å². The first-order valence-corrected chi connectivity index (χ1v) is 12.8. The van der Waals surface area contributed by atoms with Crippen molar-refractivity contribution in [2.24, 2.45) is 0 Å². The fourth-order valence-electron chi connectivity index (χ4n) is 4.65. The third kappa shape index (κ3) is 6.14. The summed E-state index contributed by atoms with van der Waals surface area (Å²) in [5, 5.41) is 9.06. The highest BCUT2D eigenvalue weighted by Gasteiger charge is 2.34. The molecule has 2 atom stereocenters. The topological polar surface area (TPSA) is 127 Å². The normalized spacial score (nSPS) is 19.5. The monoisotopic (exact) mass is 532 g/mol. The summed E-state index contributed by atoms with van der Waals surface area (Å²) in [6.45, 7) is 3.18. The van der Waals surface area contributed by atoms with Crippen molar-refractivity contribution in [2.75, 3.05) is 44.1 Å². The maximum atomic E-state index is 13.5. The second kappa shape index (κ2) is 11.5. The molecule has 4 heterocycles. The third-order valence-electron chi connectivity index (χ3n) is 6.73. The zero-order valence-corrected chi connectivity index (χ0v) is 22.2. The smallest absolute Gasteiger partial charge is 0.258 e. The minimum atomic E-state index is -0.363. The number of hydrogen-bond acceptors (Lipinski definition) is 9. The molecule has 0 saturated carbocycles. The van der Waals surface area contributed by atoms with Crippen LogP contribution in [-0.2, 0) is 11.3 Å². The predicted molar refractivity (Wildman–Crippen MR) is 146 cm³/mol. The summed E-state index contributed by atoms with van der Waals surface area (Å²) in [5.74, 6) is 2.15. The zero-order valence-electron chi connectivity index (χ0n) is 22.2. The minimum Gasteiger partial charge on any atom is -0.493 e. The number of rotatable bonds is 3. The summed E-state index contributed by atoms with van der Waals surface area (Å²) in [6, 6.07) is 14.0. The molecule has 11 heteroatoms. The van der Waals surface area contributed by atoms with Gasteiger partial charge in [-0.05, 0) is 42.8 Å². The lowest BCUT2D eigenvalue weighted by atomic mass is 10.0. The molecule has 3 N–H and O–H groups in total. The molecule has 1 saturated heterocycles. The minimum absolute atomic E-state index is 0.215. The SMILES string of the molecule is CNc1cc(C)nc(N2CC[C@H]3Oc4ccc(cc4)CNC(=O)COc4cc(ccc4OC)C(=O)N[C@H]3C2)n1. The first-order valence-electron chi connectivity index (χ1n) is 12.8. The molecule has 3 aliphatic rings. The van der Waals surface area contributed by atoms with E-state index in [0.29, 0.717) is 54.8 Å². The molecule has 0 spiro atoms. The van der Waals surface area contributed by atoms with Gasteiger partial charge in [0, 0.05) is 50.4 Å². The number of hydrogen-bond donors (Lipinski definition) is 3. The van der Waals surface area contributed by atoms with Crippen LogP contribution in [0.2, 0.25) is 0 Å². The number of ether oxygens (including phenoxy) is 3. The lowest BCUT2D eigenvalue weighted by molar-refractivity contribution is -0.123. The molecule has 39 heavy (non-hydrogen) atoms. The molecular weight excluding hydrogens is 500 g/mol. The van der Waals surface area contributed by atoms with E-state index in [9.17, 15) is 9.59 Å². The highest BCUT2D eigenvalue weighted by atomic mass is 16.5. The van der Waals surface area contributed by atoms with E-state index < -0.39 is 0 Å². The highest BCUT2D eigenvalue weighted by Crippen LogP contribution is 2.29. The van der Waals surface area contributed by atoms with Crippen LogP contribution in [0, 0.1) is 6.92 Å². The number of carbonyl (C=O) groups excluding carboxylic acids is 2. The second-order valence-corrected chi connectivity index (χ2v) is 9.49.